The van der Waals surface area contributed by atoms with Crippen molar-refractivity contribution < 1.29 is 14.3 Å². The molecule has 1 heterocycles. The standard InChI is InChI=1S/C9H17NO2.C6H12O/c1-9(2,3)8(11)10-4-6-12-7-5-10;1-5(7)6(2,3)4/h4-7H2,1-3H3;1-4H3. The second kappa shape index (κ2) is 7.04. The molecule has 112 valence electrons. The lowest BCUT2D eigenvalue weighted by Gasteiger charge is -2.32. The van der Waals surface area contributed by atoms with Crippen LogP contribution in [0, 0.1) is 10.8 Å². The van der Waals surface area contributed by atoms with Crippen molar-refractivity contribution in [1.82, 2.24) is 4.90 Å². The number of amides is 1. The first-order valence-electron chi connectivity index (χ1n) is 6.84. The molecular formula is C15H29NO3. The summed E-state index contributed by atoms with van der Waals surface area (Å²) in [6, 6.07) is 0. The maximum atomic E-state index is 11.7. The van der Waals surface area contributed by atoms with E-state index in [9.17, 15) is 9.59 Å². The van der Waals surface area contributed by atoms with Crippen LogP contribution in [0.2, 0.25) is 0 Å². The van der Waals surface area contributed by atoms with E-state index in [-0.39, 0.29) is 22.5 Å². The van der Waals surface area contributed by atoms with Gasteiger partial charge >= 0.3 is 0 Å². The largest absolute Gasteiger partial charge is 0.378 e. The highest BCUT2D eigenvalue weighted by Gasteiger charge is 2.27. The average Bonchev–Trinajstić information content (AvgIpc) is 2.27. The monoisotopic (exact) mass is 271 g/mol. The summed E-state index contributed by atoms with van der Waals surface area (Å²) in [5.74, 6) is 0.471. The van der Waals surface area contributed by atoms with Crippen LogP contribution in [0.1, 0.15) is 48.5 Å². The van der Waals surface area contributed by atoms with Crippen molar-refractivity contribution in [2.24, 2.45) is 10.8 Å². The van der Waals surface area contributed by atoms with Gasteiger partial charge in [-0.2, -0.15) is 0 Å². The minimum absolute atomic E-state index is 0.139. The number of hydrogen-bond acceptors (Lipinski definition) is 3. The molecule has 0 saturated carbocycles. The van der Waals surface area contributed by atoms with Gasteiger partial charge in [-0.15, -0.1) is 0 Å². The van der Waals surface area contributed by atoms with E-state index in [0.717, 1.165) is 13.1 Å². The molecule has 0 aromatic heterocycles. The number of rotatable bonds is 0. The quantitative estimate of drug-likeness (QED) is 0.680. The predicted octanol–water partition coefficient (Wildman–Crippen LogP) is 2.51. The Morgan fingerprint density at radius 2 is 1.26 bits per heavy atom. The Morgan fingerprint density at radius 3 is 1.53 bits per heavy atom. The van der Waals surface area contributed by atoms with Crippen molar-refractivity contribution in [3.8, 4) is 0 Å². The SMILES string of the molecule is CC(=O)C(C)(C)C.CC(C)(C)C(=O)N1CCOCC1. The second-order valence-corrected chi connectivity index (χ2v) is 6.96. The molecule has 0 N–H and O–H groups in total. The molecule has 1 aliphatic rings. The summed E-state index contributed by atoms with van der Waals surface area (Å²) in [6.45, 7) is 16.1. The van der Waals surface area contributed by atoms with Gasteiger partial charge in [-0.1, -0.05) is 41.5 Å². The maximum absolute atomic E-state index is 11.7. The Kier molecular flexibility index (Phi) is 6.70. The van der Waals surface area contributed by atoms with E-state index in [2.05, 4.69) is 0 Å². The Bertz CT molecular complexity index is 304. The molecule has 0 aromatic carbocycles. The van der Waals surface area contributed by atoms with E-state index in [1.807, 2.05) is 46.4 Å². The molecule has 1 aliphatic heterocycles. The van der Waals surface area contributed by atoms with Gasteiger partial charge in [-0.05, 0) is 6.92 Å². The van der Waals surface area contributed by atoms with Gasteiger partial charge in [-0.3, -0.25) is 9.59 Å². The zero-order valence-electron chi connectivity index (χ0n) is 13.5. The van der Waals surface area contributed by atoms with Gasteiger partial charge in [0.1, 0.15) is 5.78 Å². The molecule has 4 nitrogen and oxygen atoms in total. The summed E-state index contributed by atoms with van der Waals surface area (Å²) in [4.78, 5) is 24.0. The molecule has 0 spiro atoms. The summed E-state index contributed by atoms with van der Waals surface area (Å²) < 4.78 is 5.17. The minimum Gasteiger partial charge on any atom is -0.378 e. The molecule has 0 aliphatic carbocycles. The highest BCUT2D eigenvalue weighted by atomic mass is 16.5. The predicted molar refractivity (Wildman–Crippen MR) is 77.0 cm³/mol. The van der Waals surface area contributed by atoms with Crippen molar-refractivity contribution in [3.05, 3.63) is 0 Å². The minimum atomic E-state index is -0.253. The fourth-order valence-corrected chi connectivity index (χ4v) is 1.24. The van der Waals surface area contributed by atoms with Crippen LogP contribution in [-0.2, 0) is 14.3 Å². The lowest BCUT2D eigenvalue weighted by atomic mass is 9.92. The lowest BCUT2D eigenvalue weighted by Crippen LogP contribution is -2.45. The number of nitrogens with zero attached hydrogens (tertiary/aromatic N) is 1. The van der Waals surface area contributed by atoms with Crippen molar-refractivity contribution >= 4 is 11.7 Å². The first-order chi connectivity index (χ1) is 8.46. The summed E-state index contributed by atoms with van der Waals surface area (Å²) in [5.41, 5.74) is -0.392. The molecule has 0 bridgehead atoms. The number of carbonyl (C=O) groups is 2. The normalized spacial score (nSPS) is 16.5. The molecule has 1 rings (SSSR count). The Labute approximate surface area is 117 Å². The molecule has 0 unspecified atom stereocenters. The van der Waals surface area contributed by atoms with Gasteiger partial charge in [0, 0.05) is 23.9 Å². The fourth-order valence-electron chi connectivity index (χ4n) is 1.24. The van der Waals surface area contributed by atoms with Crippen LogP contribution in [0.3, 0.4) is 0 Å². The van der Waals surface area contributed by atoms with Crippen LogP contribution in [-0.4, -0.2) is 42.9 Å². The zero-order chi connectivity index (χ0) is 15.3. The Balaban J connectivity index is 0.000000399. The molecule has 1 saturated heterocycles. The number of ether oxygens (including phenoxy) is 1. The summed E-state index contributed by atoms with van der Waals surface area (Å²) in [5, 5.41) is 0. The average molecular weight is 271 g/mol. The topological polar surface area (TPSA) is 46.6 Å². The molecule has 19 heavy (non-hydrogen) atoms. The van der Waals surface area contributed by atoms with Crippen LogP contribution in [0.4, 0.5) is 0 Å². The summed E-state index contributed by atoms with van der Waals surface area (Å²) in [6.07, 6.45) is 0. The van der Waals surface area contributed by atoms with Crippen LogP contribution in [0.25, 0.3) is 0 Å². The molecule has 0 atom stereocenters. The van der Waals surface area contributed by atoms with Crippen LogP contribution in [0.5, 0.6) is 0 Å². The van der Waals surface area contributed by atoms with E-state index in [4.69, 9.17) is 4.74 Å². The number of morpholine rings is 1. The van der Waals surface area contributed by atoms with Gasteiger partial charge < -0.3 is 9.64 Å². The third kappa shape index (κ3) is 7.31. The first kappa shape index (κ1) is 18.1. The molecular weight excluding hydrogens is 242 g/mol. The maximum Gasteiger partial charge on any atom is 0.228 e. The van der Waals surface area contributed by atoms with Crippen molar-refractivity contribution in [3.63, 3.8) is 0 Å². The van der Waals surface area contributed by atoms with Gasteiger partial charge in [0.25, 0.3) is 0 Å². The third-order valence-corrected chi connectivity index (χ3v) is 3.00. The van der Waals surface area contributed by atoms with Crippen molar-refractivity contribution in [2.75, 3.05) is 26.3 Å². The highest BCUT2D eigenvalue weighted by molar-refractivity contribution is 5.81. The van der Waals surface area contributed by atoms with Crippen LogP contribution < -0.4 is 0 Å². The van der Waals surface area contributed by atoms with Crippen LogP contribution in [0.15, 0.2) is 0 Å². The van der Waals surface area contributed by atoms with Crippen molar-refractivity contribution in [1.29, 1.82) is 0 Å². The summed E-state index contributed by atoms with van der Waals surface area (Å²) in [7, 11) is 0. The van der Waals surface area contributed by atoms with Gasteiger partial charge in [0.2, 0.25) is 5.91 Å². The Morgan fingerprint density at radius 1 is 0.895 bits per heavy atom. The number of Topliss-reactive ketones (excluding diaryl/α,β-unsaturated/α-hetero) is 1. The fraction of sp³-hybridized carbons (Fsp3) is 0.867. The highest BCUT2D eigenvalue weighted by Crippen LogP contribution is 2.17. The van der Waals surface area contributed by atoms with E-state index in [0.29, 0.717) is 13.2 Å². The third-order valence-electron chi connectivity index (χ3n) is 3.00. The number of ketones is 1. The molecule has 1 amide bonds. The molecule has 4 heteroatoms. The van der Waals surface area contributed by atoms with Gasteiger partial charge in [-0.25, -0.2) is 0 Å². The zero-order valence-corrected chi connectivity index (χ0v) is 13.5. The van der Waals surface area contributed by atoms with E-state index in [1.165, 1.54) is 0 Å². The molecule has 0 aromatic rings. The van der Waals surface area contributed by atoms with Gasteiger partial charge in [0.05, 0.1) is 13.2 Å². The number of carbonyl (C=O) groups excluding carboxylic acids is 2. The van der Waals surface area contributed by atoms with E-state index < -0.39 is 0 Å². The van der Waals surface area contributed by atoms with Crippen molar-refractivity contribution in [2.45, 2.75) is 48.5 Å². The smallest absolute Gasteiger partial charge is 0.228 e. The number of hydrogen-bond donors (Lipinski definition) is 0. The molecule has 0 radical (unpaired) electrons. The van der Waals surface area contributed by atoms with Crippen LogP contribution >= 0.6 is 0 Å². The van der Waals surface area contributed by atoms with Gasteiger partial charge in [0.15, 0.2) is 0 Å². The molecule has 1 fully saturated rings. The second-order valence-electron chi connectivity index (χ2n) is 6.96. The first-order valence-corrected chi connectivity index (χ1v) is 6.84. The summed E-state index contributed by atoms with van der Waals surface area (Å²) >= 11 is 0. The van der Waals surface area contributed by atoms with E-state index in [1.54, 1.807) is 6.92 Å². The Hall–Kier alpha value is -0.900. The van der Waals surface area contributed by atoms with E-state index >= 15 is 0 Å². The lowest BCUT2D eigenvalue weighted by molar-refractivity contribution is -0.143.